The van der Waals surface area contributed by atoms with Gasteiger partial charge < -0.3 is 29.2 Å². The predicted molar refractivity (Wildman–Crippen MR) is 126 cm³/mol. The molecule has 0 aliphatic rings. The van der Waals surface area contributed by atoms with E-state index in [1.807, 2.05) is 13.8 Å². The van der Waals surface area contributed by atoms with E-state index in [1.54, 1.807) is 20.8 Å². The van der Waals surface area contributed by atoms with E-state index < -0.39 is 57.4 Å². The Kier molecular flexibility index (Phi) is 10.8. The van der Waals surface area contributed by atoms with Crippen molar-refractivity contribution in [2.45, 2.75) is 59.8 Å². The van der Waals surface area contributed by atoms with Gasteiger partial charge in [-0.1, -0.05) is 13.8 Å². The van der Waals surface area contributed by atoms with Gasteiger partial charge in [0.25, 0.3) is 5.56 Å². The number of nitrogen functional groups attached to an aromatic ring is 1. The van der Waals surface area contributed by atoms with Gasteiger partial charge in [-0.3, -0.25) is 28.2 Å². The number of rotatable bonds is 14. The third kappa shape index (κ3) is 9.57. The van der Waals surface area contributed by atoms with Crippen LogP contribution < -0.4 is 11.3 Å². The number of imidazole rings is 1. The Morgan fingerprint density at radius 1 is 1.14 bits per heavy atom. The molecular formula is C20H32N5O10P. The molecule has 15 nitrogen and oxygen atoms in total. The van der Waals surface area contributed by atoms with Crippen LogP contribution >= 0.6 is 7.60 Å². The van der Waals surface area contributed by atoms with E-state index in [-0.39, 0.29) is 36.0 Å². The van der Waals surface area contributed by atoms with Crippen LogP contribution in [0.5, 0.6) is 0 Å². The van der Waals surface area contributed by atoms with Gasteiger partial charge in [0.05, 0.1) is 25.1 Å². The Morgan fingerprint density at radius 3 is 2.44 bits per heavy atom. The van der Waals surface area contributed by atoms with E-state index in [4.69, 9.17) is 33.7 Å². The van der Waals surface area contributed by atoms with Gasteiger partial charge in [0, 0.05) is 6.42 Å². The number of carbonyl (C=O) groups excluding carboxylic acids is 2. The molecule has 1 unspecified atom stereocenters. The lowest BCUT2D eigenvalue weighted by molar-refractivity contribution is -0.151. The summed E-state index contributed by atoms with van der Waals surface area (Å²) in [6, 6.07) is 0. The number of fused-ring (bicyclic) bond motifs is 1. The maximum absolute atomic E-state index is 13.1. The first-order valence-electron chi connectivity index (χ1n) is 11.1. The van der Waals surface area contributed by atoms with Gasteiger partial charge in [-0.05, 0) is 26.7 Å². The van der Waals surface area contributed by atoms with Crippen LogP contribution in [0.25, 0.3) is 11.2 Å². The highest BCUT2D eigenvalue weighted by atomic mass is 31.2. The van der Waals surface area contributed by atoms with E-state index in [9.17, 15) is 18.9 Å². The number of ether oxygens (including phenoxy) is 4. The SMILES string of the molecule is CC(C)CC(=O)OCOP(=O)(CO[C@H](C)Cn1cnc2c(=O)[nH]c(N)nc21)OCOC(=O)OC(C)C. The van der Waals surface area contributed by atoms with Crippen LogP contribution in [0.4, 0.5) is 10.7 Å². The first kappa shape index (κ1) is 29.2. The van der Waals surface area contributed by atoms with Crippen LogP contribution in [0.15, 0.2) is 11.1 Å². The molecule has 36 heavy (non-hydrogen) atoms. The summed E-state index contributed by atoms with van der Waals surface area (Å²) in [7, 11) is -4.06. The number of aromatic amines is 1. The fourth-order valence-corrected chi connectivity index (χ4v) is 3.80. The zero-order valence-corrected chi connectivity index (χ0v) is 21.7. The standard InChI is InChI=1S/C20H32N5O10P/c1-12(2)6-15(26)30-9-33-36(29,34-10-31-20(28)35-13(3)4)11-32-14(5)7-25-8-22-16-17(25)23-19(21)24-18(16)27/h8,12-14H,6-7,9-11H2,1-5H3,(H3,21,23,24,27)/t14-,36?/m1/s1. The molecule has 2 rings (SSSR count). The summed E-state index contributed by atoms with van der Waals surface area (Å²) in [4.78, 5) is 45.7. The van der Waals surface area contributed by atoms with Crippen molar-refractivity contribution < 1.29 is 42.1 Å². The summed E-state index contributed by atoms with van der Waals surface area (Å²) in [5.74, 6) is -0.557. The lowest BCUT2D eigenvalue weighted by Gasteiger charge is -2.21. The predicted octanol–water partition coefficient (Wildman–Crippen LogP) is 2.36. The number of esters is 1. The molecule has 3 N–H and O–H groups in total. The number of nitrogens with one attached hydrogen (secondary N) is 1. The number of aromatic nitrogens is 4. The Hall–Kier alpha value is -3.00. The van der Waals surface area contributed by atoms with Crippen molar-refractivity contribution in [3.63, 3.8) is 0 Å². The Morgan fingerprint density at radius 2 is 1.81 bits per heavy atom. The summed E-state index contributed by atoms with van der Waals surface area (Å²) in [6.45, 7) is 7.33. The summed E-state index contributed by atoms with van der Waals surface area (Å²) in [5.41, 5.74) is 5.46. The Balaban J connectivity index is 1.99. The second-order valence-electron chi connectivity index (χ2n) is 8.41. The van der Waals surface area contributed by atoms with E-state index in [1.165, 1.54) is 10.9 Å². The molecule has 0 aliphatic carbocycles. The van der Waals surface area contributed by atoms with E-state index in [0.29, 0.717) is 0 Å². The number of carbonyl (C=O) groups is 2. The molecule has 0 amide bonds. The van der Waals surface area contributed by atoms with Gasteiger partial charge in [0.1, 0.15) is 6.35 Å². The van der Waals surface area contributed by atoms with Crippen molar-refractivity contribution in [3.8, 4) is 0 Å². The monoisotopic (exact) mass is 533 g/mol. The van der Waals surface area contributed by atoms with E-state index in [0.717, 1.165) is 0 Å². The second-order valence-corrected chi connectivity index (χ2v) is 10.4. The molecule has 2 heterocycles. The van der Waals surface area contributed by atoms with Crippen molar-refractivity contribution in [2.75, 3.05) is 25.7 Å². The quantitative estimate of drug-likeness (QED) is 0.204. The number of anilines is 1. The number of nitrogens with zero attached hydrogens (tertiary/aromatic N) is 3. The number of hydrogen-bond donors (Lipinski definition) is 2. The largest absolute Gasteiger partial charge is 0.510 e. The molecule has 0 fully saturated rings. The summed E-state index contributed by atoms with van der Waals surface area (Å²) in [5, 5.41) is 0. The summed E-state index contributed by atoms with van der Waals surface area (Å²) in [6.07, 6.45) is -1.08. The first-order chi connectivity index (χ1) is 16.9. The number of hydrogen-bond acceptors (Lipinski definition) is 13. The van der Waals surface area contributed by atoms with Gasteiger partial charge in [-0.15, -0.1) is 0 Å². The zero-order valence-electron chi connectivity index (χ0n) is 20.8. The van der Waals surface area contributed by atoms with Crippen molar-refractivity contribution >= 4 is 36.8 Å². The molecule has 0 radical (unpaired) electrons. The summed E-state index contributed by atoms with van der Waals surface area (Å²) < 4.78 is 45.1. The maximum atomic E-state index is 13.1. The molecule has 2 aromatic heterocycles. The van der Waals surface area contributed by atoms with Crippen LogP contribution in [0, 0.1) is 5.92 Å². The van der Waals surface area contributed by atoms with Gasteiger partial charge in [-0.2, -0.15) is 4.98 Å². The van der Waals surface area contributed by atoms with Crippen LogP contribution in [0.3, 0.4) is 0 Å². The molecule has 0 bridgehead atoms. The minimum absolute atomic E-state index is 0.0600. The molecular weight excluding hydrogens is 501 g/mol. The van der Waals surface area contributed by atoms with Crippen LogP contribution in [-0.4, -0.2) is 63.8 Å². The molecule has 0 aliphatic heterocycles. The average molecular weight is 533 g/mol. The second kappa shape index (κ2) is 13.3. The van der Waals surface area contributed by atoms with Crippen LogP contribution in [-0.2, 0) is 43.9 Å². The fraction of sp³-hybridized carbons (Fsp3) is 0.650. The highest BCUT2D eigenvalue weighted by molar-refractivity contribution is 7.53. The van der Waals surface area contributed by atoms with Gasteiger partial charge in [0.15, 0.2) is 11.2 Å². The third-order valence-electron chi connectivity index (χ3n) is 4.27. The number of H-pyrrole nitrogens is 1. The number of nitrogens with two attached hydrogens (primary N) is 1. The zero-order chi connectivity index (χ0) is 26.9. The maximum Gasteiger partial charge on any atom is 0.510 e. The van der Waals surface area contributed by atoms with Crippen molar-refractivity contribution in [2.24, 2.45) is 5.92 Å². The molecule has 0 aromatic carbocycles. The minimum atomic E-state index is -4.06. The molecule has 2 atom stereocenters. The molecule has 0 saturated carbocycles. The molecule has 2 aromatic rings. The average Bonchev–Trinajstić information content (AvgIpc) is 3.14. The first-order valence-corrected chi connectivity index (χ1v) is 12.8. The normalized spacial score (nSPS) is 14.1. The van der Waals surface area contributed by atoms with Crippen LogP contribution in [0.1, 0.15) is 41.0 Å². The lowest BCUT2D eigenvalue weighted by atomic mass is 10.1. The summed E-state index contributed by atoms with van der Waals surface area (Å²) >= 11 is 0. The molecule has 0 saturated heterocycles. The molecule has 0 spiro atoms. The van der Waals surface area contributed by atoms with Gasteiger partial charge >= 0.3 is 19.7 Å². The molecule has 16 heteroatoms. The van der Waals surface area contributed by atoms with E-state index >= 15 is 0 Å². The van der Waals surface area contributed by atoms with Crippen LogP contribution in [0.2, 0.25) is 0 Å². The van der Waals surface area contributed by atoms with Gasteiger partial charge in [-0.25, -0.2) is 9.78 Å². The van der Waals surface area contributed by atoms with E-state index in [2.05, 4.69) is 15.0 Å². The Bertz CT molecular complexity index is 1100. The molecule has 202 valence electrons. The van der Waals surface area contributed by atoms with Gasteiger partial charge in [0.2, 0.25) is 19.5 Å². The third-order valence-corrected chi connectivity index (χ3v) is 5.73. The Labute approximate surface area is 207 Å². The topological polar surface area (TPSA) is 196 Å². The highest BCUT2D eigenvalue weighted by Gasteiger charge is 2.28. The lowest BCUT2D eigenvalue weighted by Crippen LogP contribution is -2.20. The van der Waals surface area contributed by atoms with Crippen molar-refractivity contribution in [1.29, 1.82) is 0 Å². The highest BCUT2D eigenvalue weighted by Crippen LogP contribution is 2.48. The minimum Gasteiger partial charge on any atom is -0.438 e. The smallest absolute Gasteiger partial charge is 0.438 e. The van der Waals surface area contributed by atoms with Crippen molar-refractivity contribution in [1.82, 2.24) is 19.5 Å². The van der Waals surface area contributed by atoms with Crippen molar-refractivity contribution in [3.05, 3.63) is 16.7 Å². The fourth-order valence-electron chi connectivity index (χ4n) is 2.71.